The van der Waals surface area contributed by atoms with E-state index in [0.717, 1.165) is 17.2 Å². The van der Waals surface area contributed by atoms with Gasteiger partial charge in [-0.2, -0.15) is 5.10 Å². The van der Waals surface area contributed by atoms with E-state index >= 15 is 0 Å². The average Bonchev–Trinajstić information content (AvgIpc) is 2.53. The second-order valence-corrected chi connectivity index (χ2v) is 4.07. The Bertz CT molecular complexity index is 530. The van der Waals surface area contributed by atoms with Gasteiger partial charge in [-0.3, -0.25) is 4.68 Å². The number of nitrogen functional groups attached to an aromatic ring is 1. The lowest BCUT2D eigenvalue weighted by Gasteiger charge is -2.08. The highest BCUT2D eigenvalue weighted by atomic mass is 15.3. The Hall–Kier alpha value is -2.04. The van der Waals surface area contributed by atoms with Crippen molar-refractivity contribution in [1.29, 1.82) is 0 Å². The van der Waals surface area contributed by atoms with Crippen LogP contribution >= 0.6 is 0 Å². The molecule has 0 saturated carbocycles. The van der Waals surface area contributed by atoms with Crippen molar-refractivity contribution in [1.82, 2.24) is 14.8 Å². The molecule has 2 rings (SSSR count). The molecule has 0 aliphatic heterocycles. The predicted molar refractivity (Wildman–Crippen MR) is 68.7 cm³/mol. The Morgan fingerprint density at radius 2 is 2.18 bits per heavy atom. The summed E-state index contributed by atoms with van der Waals surface area (Å²) < 4.78 is 1.88. The fraction of sp³-hybridized carbons (Fsp3) is 0.333. The van der Waals surface area contributed by atoms with Crippen LogP contribution in [0.3, 0.4) is 0 Å². The van der Waals surface area contributed by atoms with Crippen LogP contribution in [0.15, 0.2) is 18.3 Å². The largest absolute Gasteiger partial charge is 0.396 e. The van der Waals surface area contributed by atoms with Crippen molar-refractivity contribution in [2.75, 3.05) is 11.1 Å². The third-order valence-corrected chi connectivity index (χ3v) is 2.93. The standard InChI is InChI=1S/C12H17N5/c1-8-10(9(2)17(3)16-8)7-15-12-11(13)5-4-6-14-12/h4-6H,7,13H2,1-3H3,(H,14,15). The summed E-state index contributed by atoms with van der Waals surface area (Å²) in [4.78, 5) is 4.20. The minimum absolute atomic E-state index is 0.659. The van der Waals surface area contributed by atoms with E-state index in [1.807, 2.05) is 30.8 Å². The molecule has 0 spiro atoms. The van der Waals surface area contributed by atoms with Gasteiger partial charge in [0.1, 0.15) is 5.82 Å². The molecule has 5 nitrogen and oxygen atoms in total. The molecule has 0 fully saturated rings. The maximum Gasteiger partial charge on any atom is 0.149 e. The van der Waals surface area contributed by atoms with E-state index in [2.05, 4.69) is 22.3 Å². The highest BCUT2D eigenvalue weighted by molar-refractivity contribution is 5.60. The number of nitrogens with two attached hydrogens (primary N) is 1. The second kappa shape index (κ2) is 4.45. The second-order valence-electron chi connectivity index (χ2n) is 4.07. The molecule has 0 radical (unpaired) electrons. The molecule has 2 aromatic rings. The van der Waals surface area contributed by atoms with E-state index in [-0.39, 0.29) is 0 Å². The molecule has 2 aromatic heterocycles. The number of aryl methyl sites for hydroxylation is 2. The number of nitrogens with zero attached hydrogens (tertiary/aromatic N) is 3. The Morgan fingerprint density at radius 1 is 1.41 bits per heavy atom. The summed E-state index contributed by atoms with van der Waals surface area (Å²) in [5.41, 5.74) is 9.86. The van der Waals surface area contributed by atoms with E-state index in [0.29, 0.717) is 12.2 Å². The first-order valence-corrected chi connectivity index (χ1v) is 5.53. The Balaban J connectivity index is 2.15. The van der Waals surface area contributed by atoms with E-state index in [9.17, 15) is 0 Å². The molecule has 90 valence electrons. The summed E-state index contributed by atoms with van der Waals surface area (Å²) in [5.74, 6) is 0.718. The number of hydrogen-bond donors (Lipinski definition) is 2. The summed E-state index contributed by atoms with van der Waals surface area (Å²) >= 11 is 0. The van der Waals surface area contributed by atoms with Gasteiger partial charge in [0.25, 0.3) is 0 Å². The lowest BCUT2D eigenvalue weighted by Crippen LogP contribution is -2.06. The van der Waals surface area contributed by atoms with Gasteiger partial charge >= 0.3 is 0 Å². The topological polar surface area (TPSA) is 68.8 Å². The number of pyridine rings is 1. The van der Waals surface area contributed by atoms with Crippen LogP contribution in [0.5, 0.6) is 0 Å². The zero-order valence-corrected chi connectivity index (χ0v) is 10.4. The number of nitrogens with one attached hydrogen (secondary N) is 1. The van der Waals surface area contributed by atoms with Crippen molar-refractivity contribution < 1.29 is 0 Å². The van der Waals surface area contributed by atoms with Gasteiger partial charge in [-0.25, -0.2) is 4.98 Å². The van der Waals surface area contributed by atoms with Crippen molar-refractivity contribution >= 4 is 11.5 Å². The van der Waals surface area contributed by atoms with Crippen molar-refractivity contribution in [2.45, 2.75) is 20.4 Å². The molecule has 2 heterocycles. The van der Waals surface area contributed by atoms with Crippen LogP contribution < -0.4 is 11.1 Å². The molecule has 0 aliphatic rings. The van der Waals surface area contributed by atoms with Gasteiger partial charge in [-0.05, 0) is 26.0 Å². The highest BCUT2D eigenvalue weighted by Gasteiger charge is 2.09. The molecular formula is C12H17N5. The van der Waals surface area contributed by atoms with Crippen LogP contribution in [0.1, 0.15) is 17.0 Å². The van der Waals surface area contributed by atoms with Gasteiger partial charge < -0.3 is 11.1 Å². The Labute approximate surface area is 101 Å². The third-order valence-electron chi connectivity index (χ3n) is 2.93. The Morgan fingerprint density at radius 3 is 2.76 bits per heavy atom. The fourth-order valence-electron chi connectivity index (χ4n) is 1.81. The van der Waals surface area contributed by atoms with Crippen LogP contribution in [-0.4, -0.2) is 14.8 Å². The van der Waals surface area contributed by atoms with E-state index in [4.69, 9.17) is 5.73 Å². The molecule has 0 aliphatic carbocycles. The summed E-state index contributed by atoms with van der Waals surface area (Å²) in [7, 11) is 1.95. The third kappa shape index (κ3) is 2.22. The molecule has 0 atom stereocenters. The maximum atomic E-state index is 5.82. The van der Waals surface area contributed by atoms with Crippen molar-refractivity contribution in [3.63, 3.8) is 0 Å². The summed E-state index contributed by atoms with van der Waals surface area (Å²) in [6, 6.07) is 3.65. The number of aromatic nitrogens is 3. The maximum absolute atomic E-state index is 5.82. The number of anilines is 2. The molecule has 17 heavy (non-hydrogen) atoms. The molecular weight excluding hydrogens is 214 g/mol. The highest BCUT2D eigenvalue weighted by Crippen LogP contribution is 2.17. The first-order valence-electron chi connectivity index (χ1n) is 5.53. The van der Waals surface area contributed by atoms with E-state index < -0.39 is 0 Å². The fourth-order valence-corrected chi connectivity index (χ4v) is 1.81. The first kappa shape index (κ1) is 11.4. The molecule has 0 bridgehead atoms. The first-order chi connectivity index (χ1) is 8.09. The molecule has 3 N–H and O–H groups in total. The van der Waals surface area contributed by atoms with Crippen LogP contribution in [0, 0.1) is 13.8 Å². The molecule has 0 aromatic carbocycles. The van der Waals surface area contributed by atoms with Crippen LogP contribution in [0.25, 0.3) is 0 Å². The summed E-state index contributed by atoms with van der Waals surface area (Å²) in [6.45, 7) is 4.75. The Kier molecular flexibility index (Phi) is 2.99. The van der Waals surface area contributed by atoms with Crippen LogP contribution in [-0.2, 0) is 13.6 Å². The minimum Gasteiger partial charge on any atom is -0.396 e. The lowest BCUT2D eigenvalue weighted by molar-refractivity contribution is 0.730. The molecule has 5 heteroatoms. The monoisotopic (exact) mass is 231 g/mol. The number of rotatable bonds is 3. The van der Waals surface area contributed by atoms with Crippen LogP contribution in [0.4, 0.5) is 11.5 Å². The molecule has 0 unspecified atom stereocenters. The van der Waals surface area contributed by atoms with Gasteiger partial charge in [0.2, 0.25) is 0 Å². The molecule has 0 saturated heterocycles. The SMILES string of the molecule is Cc1nn(C)c(C)c1CNc1ncccc1N. The van der Waals surface area contributed by atoms with Gasteiger partial charge in [0.05, 0.1) is 11.4 Å². The summed E-state index contributed by atoms with van der Waals surface area (Å²) in [6.07, 6.45) is 1.72. The minimum atomic E-state index is 0.659. The van der Waals surface area contributed by atoms with E-state index in [1.54, 1.807) is 6.20 Å². The van der Waals surface area contributed by atoms with E-state index in [1.165, 1.54) is 5.56 Å². The van der Waals surface area contributed by atoms with Gasteiger partial charge in [0.15, 0.2) is 0 Å². The summed E-state index contributed by atoms with van der Waals surface area (Å²) in [5, 5.41) is 7.61. The predicted octanol–water partition coefficient (Wildman–Crippen LogP) is 1.63. The zero-order chi connectivity index (χ0) is 12.4. The van der Waals surface area contributed by atoms with Crippen molar-refractivity contribution in [2.24, 2.45) is 7.05 Å². The molecule has 0 amide bonds. The number of hydrogen-bond acceptors (Lipinski definition) is 4. The van der Waals surface area contributed by atoms with Gasteiger partial charge in [-0.1, -0.05) is 0 Å². The lowest BCUT2D eigenvalue weighted by atomic mass is 10.2. The van der Waals surface area contributed by atoms with Gasteiger partial charge in [0, 0.05) is 31.0 Å². The quantitative estimate of drug-likeness (QED) is 0.842. The van der Waals surface area contributed by atoms with Crippen molar-refractivity contribution in [3.05, 3.63) is 35.3 Å². The van der Waals surface area contributed by atoms with Crippen LogP contribution in [0.2, 0.25) is 0 Å². The van der Waals surface area contributed by atoms with Crippen molar-refractivity contribution in [3.8, 4) is 0 Å². The average molecular weight is 231 g/mol. The van der Waals surface area contributed by atoms with Gasteiger partial charge in [-0.15, -0.1) is 0 Å². The smallest absolute Gasteiger partial charge is 0.149 e. The normalized spacial score (nSPS) is 10.5. The zero-order valence-electron chi connectivity index (χ0n) is 10.4.